The van der Waals surface area contributed by atoms with E-state index in [0.29, 0.717) is 24.7 Å². The van der Waals surface area contributed by atoms with Gasteiger partial charge in [0.1, 0.15) is 5.75 Å². The Balaban J connectivity index is 1.71. The monoisotopic (exact) mass is 331 g/mol. The lowest BCUT2D eigenvalue weighted by Crippen LogP contribution is -2.43. The number of hydrogen-bond acceptors (Lipinski definition) is 4. The van der Waals surface area contributed by atoms with Crippen LogP contribution < -0.4 is 15.4 Å². The fraction of sp³-hybridized carbons (Fsp3) is 0.632. The van der Waals surface area contributed by atoms with E-state index in [1.54, 1.807) is 7.11 Å². The number of nitrogens with zero attached hydrogens (tertiary/aromatic N) is 1. The number of amides is 1. The number of likely N-dealkylation sites (tertiary alicyclic amines) is 1. The highest BCUT2D eigenvalue weighted by Crippen LogP contribution is 2.41. The number of rotatable bonds is 7. The molecule has 2 fully saturated rings. The van der Waals surface area contributed by atoms with Crippen molar-refractivity contribution in [2.24, 2.45) is 0 Å². The molecule has 1 aliphatic carbocycles. The molecule has 1 saturated carbocycles. The molecule has 2 atom stereocenters. The number of nitrogens with one attached hydrogen (secondary N) is 2. The zero-order chi connectivity index (χ0) is 17.1. The van der Waals surface area contributed by atoms with Crippen molar-refractivity contribution in [2.75, 3.05) is 20.2 Å². The molecule has 1 aliphatic heterocycles. The van der Waals surface area contributed by atoms with Crippen molar-refractivity contribution in [3.8, 4) is 5.75 Å². The van der Waals surface area contributed by atoms with Gasteiger partial charge in [-0.3, -0.25) is 9.69 Å². The van der Waals surface area contributed by atoms with E-state index < -0.39 is 0 Å². The van der Waals surface area contributed by atoms with E-state index in [1.165, 1.54) is 18.4 Å². The molecule has 0 radical (unpaired) electrons. The van der Waals surface area contributed by atoms with E-state index in [9.17, 15) is 4.79 Å². The van der Waals surface area contributed by atoms with Gasteiger partial charge in [0.15, 0.2) is 0 Å². The first-order valence-electron chi connectivity index (χ1n) is 9.01. The first-order chi connectivity index (χ1) is 11.6. The van der Waals surface area contributed by atoms with E-state index in [-0.39, 0.29) is 11.9 Å². The van der Waals surface area contributed by atoms with Gasteiger partial charge >= 0.3 is 0 Å². The van der Waals surface area contributed by atoms with Crippen LogP contribution in [0.1, 0.15) is 44.7 Å². The van der Waals surface area contributed by atoms with Crippen LogP contribution in [-0.2, 0) is 4.79 Å². The smallest absolute Gasteiger partial charge is 0.234 e. The molecule has 1 saturated heterocycles. The van der Waals surface area contributed by atoms with Gasteiger partial charge in [0.2, 0.25) is 5.91 Å². The lowest BCUT2D eigenvalue weighted by Gasteiger charge is -2.29. The van der Waals surface area contributed by atoms with Crippen molar-refractivity contribution in [1.29, 1.82) is 0 Å². The minimum Gasteiger partial charge on any atom is -0.497 e. The third-order valence-corrected chi connectivity index (χ3v) is 4.86. The third kappa shape index (κ3) is 4.08. The summed E-state index contributed by atoms with van der Waals surface area (Å²) in [5.74, 6) is 0.964. The molecular weight excluding hydrogens is 302 g/mol. The Morgan fingerprint density at radius 1 is 1.33 bits per heavy atom. The van der Waals surface area contributed by atoms with Gasteiger partial charge in [-0.25, -0.2) is 0 Å². The fourth-order valence-corrected chi connectivity index (χ4v) is 3.69. The number of carbonyl (C=O) groups excluding carboxylic acids is 1. The van der Waals surface area contributed by atoms with Crippen LogP contribution in [0.2, 0.25) is 0 Å². The Bertz CT molecular complexity index is 571. The summed E-state index contributed by atoms with van der Waals surface area (Å²) in [6, 6.07) is 9.86. The third-order valence-electron chi connectivity index (χ3n) is 4.86. The van der Waals surface area contributed by atoms with Crippen LogP contribution in [0.25, 0.3) is 0 Å². The van der Waals surface area contributed by atoms with Gasteiger partial charge in [-0.05, 0) is 50.8 Å². The zero-order valence-corrected chi connectivity index (χ0v) is 14.9. The first-order valence-corrected chi connectivity index (χ1v) is 9.01. The SMILES string of the molecule is COc1cccc([C@@H]2[C@H](NCC(=O)NC(C)C)CCN2C2CC2)c1. The fourth-order valence-electron chi connectivity index (χ4n) is 3.69. The summed E-state index contributed by atoms with van der Waals surface area (Å²) < 4.78 is 5.40. The number of methoxy groups -OCH3 is 1. The Morgan fingerprint density at radius 3 is 2.79 bits per heavy atom. The topological polar surface area (TPSA) is 53.6 Å². The van der Waals surface area contributed by atoms with Gasteiger partial charge in [0.05, 0.1) is 19.7 Å². The van der Waals surface area contributed by atoms with E-state index >= 15 is 0 Å². The quantitative estimate of drug-likeness (QED) is 0.803. The maximum atomic E-state index is 12.0. The second-order valence-electron chi connectivity index (χ2n) is 7.19. The predicted molar refractivity (Wildman–Crippen MR) is 95.1 cm³/mol. The molecule has 1 heterocycles. The standard InChI is InChI=1S/C19H29N3O2/c1-13(2)21-18(23)12-20-17-9-10-22(15-7-8-15)19(17)14-5-4-6-16(11-14)24-3/h4-6,11,13,15,17,19-20H,7-10,12H2,1-3H3,(H,21,23)/t17-,19-/m1/s1. The molecule has 2 aliphatic rings. The Hall–Kier alpha value is -1.59. The molecule has 1 aromatic rings. The summed E-state index contributed by atoms with van der Waals surface area (Å²) in [4.78, 5) is 14.6. The second kappa shape index (κ2) is 7.53. The average molecular weight is 331 g/mol. The van der Waals surface area contributed by atoms with Gasteiger partial charge in [-0.2, -0.15) is 0 Å². The van der Waals surface area contributed by atoms with Gasteiger partial charge in [-0.1, -0.05) is 12.1 Å². The number of carbonyl (C=O) groups is 1. The molecule has 0 bridgehead atoms. The Morgan fingerprint density at radius 2 is 2.12 bits per heavy atom. The van der Waals surface area contributed by atoms with Crippen LogP contribution in [0.4, 0.5) is 0 Å². The molecule has 132 valence electrons. The van der Waals surface area contributed by atoms with Gasteiger partial charge in [0.25, 0.3) is 0 Å². The number of hydrogen-bond donors (Lipinski definition) is 2. The van der Waals surface area contributed by atoms with Crippen molar-refractivity contribution in [3.63, 3.8) is 0 Å². The molecule has 24 heavy (non-hydrogen) atoms. The van der Waals surface area contributed by atoms with Crippen LogP contribution in [0.15, 0.2) is 24.3 Å². The summed E-state index contributed by atoms with van der Waals surface area (Å²) in [6.07, 6.45) is 3.66. The van der Waals surface area contributed by atoms with Crippen LogP contribution in [-0.4, -0.2) is 49.1 Å². The first kappa shape index (κ1) is 17.2. The maximum absolute atomic E-state index is 12.0. The lowest BCUT2D eigenvalue weighted by molar-refractivity contribution is -0.120. The molecular formula is C19H29N3O2. The Kier molecular flexibility index (Phi) is 5.41. The summed E-state index contributed by atoms with van der Waals surface area (Å²) in [5.41, 5.74) is 1.28. The molecule has 5 nitrogen and oxygen atoms in total. The van der Waals surface area contributed by atoms with Crippen molar-refractivity contribution >= 4 is 5.91 Å². The lowest BCUT2D eigenvalue weighted by atomic mass is 9.99. The van der Waals surface area contributed by atoms with Crippen LogP contribution >= 0.6 is 0 Å². The summed E-state index contributed by atoms with van der Waals surface area (Å²) in [6.45, 7) is 5.44. The summed E-state index contributed by atoms with van der Waals surface area (Å²) >= 11 is 0. The molecule has 3 rings (SSSR count). The van der Waals surface area contributed by atoms with Gasteiger partial charge in [-0.15, -0.1) is 0 Å². The summed E-state index contributed by atoms with van der Waals surface area (Å²) in [5, 5.41) is 6.44. The molecule has 1 aromatic carbocycles. The Labute approximate surface area is 144 Å². The molecule has 0 unspecified atom stereocenters. The molecule has 5 heteroatoms. The van der Waals surface area contributed by atoms with Crippen molar-refractivity contribution in [1.82, 2.24) is 15.5 Å². The van der Waals surface area contributed by atoms with Crippen LogP contribution in [0.5, 0.6) is 5.75 Å². The largest absolute Gasteiger partial charge is 0.497 e. The number of ether oxygens (including phenoxy) is 1. The van der Waals surface area contributed by atoms with Crippen molar-refractivity contribution in [3.05, 3.63) is 29.8 Å². The highest BCUT2D eigenvalue weighted by molar-refractivity contribution is 5.78. The minimum absolute atomic E-state index is 0.0688. The van der Waals surface area contributed by atoms with Gasteiger partial charge in [0, 0.05) is 24.7 Å². The number of benzene rings is 1. The highest BCUT2D eigenvalue weighted by Gasteiger charge is 2.42. The highest BCUT2D eigenvalue weighted by atomic mass is 16.5. The van der Waals surface area contributed by atoms with Gasteiger partial charge < -0.3 is 15.4 Å². The maximum Gasteiger partial charge on any atom is 0.234 e. The van der Waals surface area contributed by atoms with Crippen molar-refractivity contribution in [2.45, 2.75) is 57.3 Å². The van der Waals surface area contributed by atoms with Crippen molar-refractivity contribution < 1.29 is 9.53 Å². The molecule has 0 spiro atoms. The molecule has 2 N–H and O–H groups in total. The molecule has 0 aromatic heterocycles. The van der Waals surface area contributed by atoms with E-state index in [4.69, 9.17) is 4.74 Å². The summed E-state index contributed by atoms with van der Waals surface area (Å²) in [7, 11) is 1.71. The predicted octanol–water partition coefficient (Wildman–Crippen LogP) is 2.09. The average Bonchev–Trinajstić information content (AvgIpc) is 3.32. The van der Waals surface area contributed by atoms with Crippen LogP contribution in [0.3, 0.4) is 0 Å². The minimum atomic E-state index is 0.0688. The molecule has 1 amide bonds. The van der Waals surface area contributed by atoms with Crippen LogP contribution in [0, 0.1) is 0 Å². The van der Waals surface area contributed by atoms with E-state index in [1.807, 2.05) is 19.9 Å². The van der Waals surface area contributed by atoms with E-state index in [2.05, 4.69) is 33.7 Å². The second-order valence-corrected chi connectivity index (χ2v) is 7.19. The van der Waals surface area contributed by atoms with E-state index in [0.717, 1.165) is 18.7 Å². The normalized spacial score (nSPS) is 24.3. The zero-order valence-electron chi connectivity index (χ0n) is 14.9.